The summed E-state index contributed by atoms with van der Waals surface area (Å²) in [5.41, 5.74) is -2.10. The van der Waals surface area contributed by atoms with Crippen molar-refractivity contribution in [1.29, 1.82) is 0 Å². The number of amides is 1. The summed E-state index contributed by atoms with van der Waals surface area (Å²) in [5, 5.41) is 12.7. The van der Waals surface area contributed by atoms with Gasteiger partial charge in [-0.3, -0.25) is 9.59 Å². The Hall–Kier alpha value is -3.82. The standard InChI is InChI=1S/C24H22F4N2O4/c1-14-5-3-6-18(9-14)34-8-4-7-29-22(32)19-13-20(30(2)23(33)21(19)31)15-10-16(24(26,27)28)12-17(25)11-15/h3,5-6,9-13,31H,4,7-8H2,1-2H3,(H,29,32). The summed E-state index contributed by atoms with van der Waals surface area (Å²) in [5.74, 6) is -2.16. The zero-order chi connectivity index (χ0) is 25.0. The van der Waals surface area contributed by atoms with E-state index in [4.69, 9.17) is 4.74 Å². The zero-order valence-corrected chi connectivity index (χ0v) is 18.4. The molecule has 0 saturated carbocycles. The van der Waals surface area contributed by atoms with E-state index in [9.17, 15) is 32.3 Å². The number of alkyl halides is 3. The van der Waals surface area contributed by atoms with Crippen LogP contribution < -0.4 is 15.6 Å². The van der Waals surface area contributed by atoms with Crippen molar-refractivity contribution in [3.63, 3.8) is 0 Å². The molecule has 0 fully saturated rings. The molecule has 0 aliphatic heterocycles. The molecule has 0 saturated heterocycles. The number of halogens is 4. The quantitative estimate of drug-likeness (QED) is 0.389. The van der Waals surface area contributed by atoms with Crippen LogP contribution in [-0.4, -0.2) is 28.7 Å². The van der Waals surface area contributed by atoms with Gasteiger partial charge in [-0.1, -0.05) is 12.1 Å². The minimum atomic E-state index is -4.81. The molecule has 1 amide bonds. The van der Waals surface area contributed by atoms with Gasteiger partial charge in [0.1, 0.15) is 11.6 Å². The van der Waals surface area contributed by atoms with Gasteiger partial charge in [-0.2, -0.15) is 13.2 Å². The summed E-state index contributed by atoms with van der Waals surface area (Å²) in [6.45, 7) is 2.36. The first-order valence-electron chi connectivity index (χ1n) is 10.3. The minimum Gasteiger partial charge on any atom is -0.502 e. The smallest absolute Gasteiger partial charge is 0.416 e. The number of nitrogens with one attached hydrogen (secondary N) is 1. The second kappa shape index (κ2) is 9.98. The van der Waals surface area contributed by atoms with E-state index >= 15 is 0 Å². The highest BCUT2D eigenvalue weighted by Gasteiger charge is 2.32. The number of benzene rings is 2. The fourth-order valence-electron chi connectivity index (χ4n) is 3.30. The number of carbonyl (C=O) groups is 1. The van der Waals surface area contributed by atoms with E-state index in [2.05, 4.69) is 5.32 Å². The highest BCUT2D eigenvalue weighted by molar-refractivity contribution is 5.97. The molecule has 2 aromatic carbocycles. The van der Waals surface area contributed by atoms with Crippen molar-refractivity contribution < 1.29 is 32.2 Å². The second-order valence-corrected chi connectivity index (χ2v) is 7.66. The molecule has 0 atom stereocenters. The van der Waals surface area contributed by atoms with Crippen LogP contribution in [0.1, 0.15) is 27.9 Å². The molecule has 2 N–H and O–H groups in total. The molecular weight excluding hydrogens is 456 g/mol. The van der Waals surface area contributed by atoms with Gasteiger partial charge in [-0.15, -0.1) is 0 Å². The lowest BCUT2D eigenvalue weighted by Gasteiger charge is -2.15. The maximum atomic E-state index is 13.9. The highest BCUT2D eigenvalue weighted by Crippen LogP contribution is 2.33. The Morgan fingerprint density at radius 1 is 1.15 bits per heavy atom. The largest absolute Gasteiger partial charge is 0.502 e. The molecule has 34 heavy (non-hydrogen) atoms. The molecule has 0 aliphatic carbocycles. The first kappa shape index (κ1) is 24.8. The normalized spacial score (nSPS) is 11.4. The van der Waals surface area contributed by atoms with Crippen molar-refractivity contribution in [2.45, 2.75) is 19.5 Å². The topological polar surface area (TPSA) is 80.6 Å². The molecule has 0 radical (unpaired) electrons. The van der Waals surface area contributed by atoms with E-state index < -0.39 is 40.3 Å². The van der Waals surface area contributed by atoms with E-state index in [1.165, 1.54) is 7.05 Å². The Morgan fingerprint density at radius 3 is 2.56 bits per heavy atom. The molecule has 1 heterocycles. The van der Waals surface area contributed by atoms with Crippen molar-refractivity contribution in [2.24, 2.45) is 7.05 Å². The van der Waals surface area contributed by atoms with Gasteiger partial charge in [-0.25, -0.2) is 4.39 Å². The van der Waals surface area contributed by atoms with Crippen LogP contribution >= 0.6 is 0 Å². The van der Waals surface area contributed by atoms with Crippen LogP contribution in [0.5, 0.6) is 11.5 Å². The van der Waals surface area contributed by atoms with Crippen molar-refractivity contribution >= 4 is 5.91 Å². The predicted molar refractivity (Wildman–Crippen MR) is 117 cm³/mol. The van der Waals surface area contributed by atoms with Gasteiger partial charge in [0.2, 0.25) is 0 Å². The van der Waals surface area contributed by atoms with Gasteiger partial charge in [0, 0.05) is 19.2 Å². The van der Waals surface area contributed by atoms with Crippen molar-refractivity contribution in [1.82, 2.24) is 9.88 Å². The average Bonchev–Trinajstić information content (AvgIpc) is 2.76. The SMILES string of the molecule is Cc1cccc(OCCCNC(=O)c2cc(-c3cc(F)cc(C(F)(F)F)c3)n(C)c(=O)c2O)c1. The summed E-state index contributed by atoms with van der Waals surface area (Å²) in [6.07, 6.45) is -4.40. The Labute approximate surface area is 192 Å². The van der Waals surface area contributed by atoms with Gasteiger partial charge >= 0.3 is 6.18 Å². The Balaban J connectivity index is 1.77. The summed E-state index contributed by atoms with van der Waals surface area (Å²) >= 11 is 0. The van der Waals surface area contributed by atoms with E-state index in [0.717, 1.165) is 22.3 Å². The maximum absolute atomic E-state index is 13.9. The monoisotopic (exact) mass is 478 g/mol. The summed E-state index contributed by atoms with van der Waals surface area (Å²) in [6, 6.07) is 10.3. The van der Waals surface area contributed by atoms with Gasteiger partial charge in [0.25, 0.3) is 11.5 Å². The first-order chi connectivity index (χ1) is 16.0. The van der Waals surface area contributed by atoms with Crippen LogP contribution in [0.3, 0.4) is 0 Å². The molecule has 3 rings (SSSR count). The molecule has 1 aromatic heterocycles. The van der Waals surface area contributed by atoms with E-state index in [1.54, 1.807) is 6.07 Å². The van der Waals surface area contributed by atoms with Gasteiger partial charge in [-0.05, 0) is 55.3 Å². The zero-order valence-electron chi connectivity index (χ0n) is 18.4. The number of pyridine rings is 1. The first-order valence-corrected chi connectivity index (χ1v) is 10.3. The van der Waals surface area contributed by atoms with Crippen LogP contribution in [-0.2, 0) is 13.2 Å². The molecule has 180 valence electrons. The molecular formula is C24H22F4N2O4. The Morgan fingerprint density at radius 2 is 1.88 bits per heavy atom. The lowest BCUT2D eigenvalue weighted by Crippen LogP contribution is -2.29. The molecule has 0 bridgehead atoms. The number of hydrogen-bond donors (Lipinski definition) is 2. The number of aromatic hydroxyl groups is 1. The van der Waals surface area contributed by atoms with E-state index in [-0.39, 0.29) is 17.8 Å². The van der Waals surface area contributed by atoms with Gasteiger partial charge in [0.05, 0.1) is 23.4 Å². The predicted octanol–water partition coefficient (Wildman–Crippen LogP) is 4.42. The van der Waals surface area contributed by atoms with E-state index in [1.807, 2.05) is 25.1 Å². The molecule has 10 heteroatoms. The van der Waals surface area contributed by atoms with E-state index in [0.29, 0.717) is 30.9 Å². The van der Waals surface area contributed by atoms with Crippen LogP contribution in [0.25, 0.3) is 11.3 Å². The van der Waals surface area contributed by atoms with Crippen LogP contribution in [0, 0.1) is 12.7 Å². The van der Waals surface area contributed by atoms with Gasteiger partial charge < -0.3 is 19.7 Å². The average molecular weight is 478 g/mol. The number of ether oxygens (including phenoxy) is 1. The number of hydrogen-bond acceptors (Lipinski definition) is 4. The number of aryl methyl sites for hydroxylation is 1. The van der Waals surface area contributed by atoms with Crippen LogP contribution in [0.15, 0.2) is 53.3 Å². The van der Waals surface area contributed by atoms with Crippen molar-refractivity contribution in [2.75, 3.05) is 13.2 Å². The fourth-order valence-corrected chi connectivity index (χ4v) is 3.30. The summed E-state index contributed by atoms with van der Waals surface area (Å²) in [7, 11) is 1.19. The van der Waals surface area contributed by atoms with Crippen molar-refractivity contribution in [3.05, 3.63) is 81.4 Å². The third-order valence-electron chi connectivity index (χ3n) is 5.04. The highest BCUT2D eigenvalue weighted by atomic mass is 19.4. The molecule has 3 aromatic rings. The molecule has 6 nitrogen and oxygen atoms in total. The lowest BCUT2D eigenvalue weighted by atomic mass is 10.0. The Bertz CT molecular complexity index is 1270. The number of aromatic nitrogens is 1. The lowest BCUT2D eigenvalue weighted by molar-refractivity contribution is -0.137. The molecule has 0 aliphatic rings. The van der Waals surface area contributed by atoms with Crippen LogP contribution in [0.2, 0.25) is 0 Å². The number of rotatable bonds is 7. The third-order valence-corrected chi connectivity index (χ3v) is 5.04. The Kier molecular flexibility index (Phi) is 7.29. The van der Waals surface area contributed by atoms with Crippen LogP contribution in [0.4, 0.5) is 17.6 Å². The second-order valence-electron chi connectivity index (χ2n) is 7.66. The summed E-state index contributed by atoms with van der Waals surface area (Å²) in [4.78, 5) is 25.0. The third kappa shape index (κ3) is 5.75. The fraction of sp³-hybridized carbons (Fsp3) is 0.250. The van der Waals surface area contributed by atoms with Gasteiger partial charge in [0.15, 0.2) is 5.75 Å². The number of carbonyl (C=O) groups excluding carboxylic acids is 1. The minimum absolute atomic E-state index is 0.146. The molecule has 0 unspecified atom stereocenters. The van der Waals surface area contributed by atoms with Crippen molar-refractivity contribution in [3.8, 4) is 22.8 Å². The molecule has 0 spiro atoms. The summed E-state index contributed by atoms with van der Waals surface area (Å²) < 4.78 is 59.6. The number of nitrogens with zero attached hydrogens (tertiary/aromatic N) is 1. The maximum Gasteiger partial charge on any atom is 0.416 e.